The summed E-state index contributed by atoms with van der Waals surface area (Å²) in [7, 11) is 0. The molecule has 1 N–H and O–H groups in total. The van der Waals surface area contributed by atoms with Crippen LogP contribution >= 0.6 is 0 Å². The second kappa shape index (κ2) is 6.59. The molecule has 0 bridgehead atoms. The van der Waals surface area contributed by atoms with Gasteiger partial charge in [-0.15, -0.1) is 0 Å². The van der Waals surface area contributed by atoms with Gasteiger partial charge in [0.05, 0.1) is 24.0 Å². The minimum absolute atomic E-state index is 0.146. The highest BCUT2D eigenvalue weighted by Crippen LogP contribution is 2.31. The van der Waals surface area contributed by atoms with E-state index in [9.17, 15) is 4.79 Å². The number of aromatic nitrogens is 2. The van der Waals surface area contributed by atoms with Gasteiger partial charge in [-0.1, -0.05) is 12.1 Å². The van der Waals surface area contributed by atoms with Crippen molar-refractivity contribution in [2.24, 2.45) is 0 Å². The molecule has 7 nitrogen and oxygen atoms in total. The number of hydrogen-bond acceptors (Lipinski definition) is 5. The number of carbonyl (C=O) groups excluding carboxylic acids is 1. The van der Waals surface area contributed by atoms with Crippen LogP contribution in [0.15, 0.2) is 47.1 Å². The van der Waals surface area contributed by atoms with E-state index in [0.717, 1.165) is 11.5 Å². The molecule has 0 spiro atoms. The fourth-order valence-corrected chi connectivity index (χ4v) is 2.94. The number of hydrogen-bond donors (Lipinski definition) is 1. The molecule has 26 heavy (non-hydrogen) atoms. The average molecular weight is 353 g/mol. The van der Waals surface area contributed by atoms with E-state index in [1.807, 2.05) is 31.2 Å². The summed E-state index contributed by atoms with van der Waals surface area (Å²) in [6, 6.07) is 9.30. The minimum atomic E-state index is -0.218. The molecule has 0 fully saturated rings. The molecular formula is C19H19N3O4. The van der Waals surface area contributed by atoms with Gasteiger partial charge in [0.25, 0.3) is 5.91 Å². The molecule has 7 heteroatoms. The molecule has 1 amide bonds. The van der Waals surface area contributed by atoms with Crippen molar-refractivity contribution >= 4 is 11.6 Å². The number of furan rings is 1. The minimum Gasteiger partial charge on any atom is -0.486 e. The van der Waals surface area contributed by atoms with Crippen LogP contribution in [0, 0.1) is 13.8 Å². The van der Waals surface area contributed by atoms with Gasteiger partial charge in [-0.2, -0.15) is 5.10 Å². The highest BCUT2D eigenvalue weighted by Gasteiger charge is 2.21. The zero-order valence-corrected chi connectivity index (χ0v) is 14.6. The lowest BCUT2D eigenvalue weighted by molar-refractivity contribution is 0.0759. The number of anilines is 1. The van der Waals surface area contributed by atoms with Crippen LogP contribution < -0.4 is 14.8 Å². The van der Waals surface area contributed by atoms with Gasteiger partial charge in [0.15, 0.2) is 17.6 Å². The molecule has 3 aromatic rings. The largest absolute Gasteiger partial charge is 0.486 e. The van der Waals surface area contributed by atoms with Crippen LogP contribution in [-0.2, 0) is 6.54 Å². The van der Waals surface area contributed by atoms with E-state index in [-0.39, 0.29) is 12.0 Å². The number of nitrogens with one attached hydrogen (secondary N) is 1. The molecule has 0 aliphatic carbocycles. The number of nitrogens with zero attached hydrogens (tertiary/aromatic N) is 2. The van der Waals surface area contributed by atoms with Gasteiger partial charge in [-0.05, 0) is 32.0 Å². The average Bonchev–Trinajstić information content (AvgIpc) is 3.20. The van der Waals surface area contributed by atoms with Gasteiger partial charge in [-0.25, -0.2) is 0 Å². The maximum absolute atomic E-state index is 12.3. The Hall–Kier alpha value is -3.22. The topological polar surface area (TPSA) is 78.5 Å². The molecule has 1 aromatic carbocycles. The zero-order chi connectivity index (χ0) is 18.1. The summed E-state index contributed by atoms with van der Waals surface area (Å²) >= 11 is 0. The Bertz CT molecular complexity index is 944. The molecule has 1 aliphatic heterocycles. The first kappa shape index (κ1) is 16.3. The number of rotatable bonds is 4. The smallest absolute Gasteiger partial charge is 0.259 e. The number of aryl methyl sites for hydroxylation is 2. The van der Waals surface area contributed by atoms with Crippen molar-refractivity contribution in [1.29, 1.82) is 0 Å². The van der Waals surface area contributed by atoms with Crippen molar-refractivity contribution in [1.82, 2.24) is 9.78 Å². The molecule has 134 valence electrons. The number of fused-ring (bicyclic) bond motifs is 1. The third-order valence-electron chi connectivity index (χ3n) is 4.13. The molecule has 0 saturated carbocycles. The third kappa shape index (κ3) is 3.28. The Kier molecular flexibility index (Phi) is 4.12. The molecule has 0 saturated heterocycles. The summed E-state index contributed by atoms with van der Waals surface area (Å²) in [4.78, 5) is 12.3. The highest BCUT2D eigenvalue weighted by molar-refractivity contribution is 6.04. The highest BCUT2D eigenvalue weighted by atomic mass is 16.6. The van der Waals surface area contributed by atoms with Crippen LogP contribution in [0.5, 0.6) is 11.5 Å². The number of carbonyl (C=O) groups is 1. The van der Waals surface area contributed by atoms with Gasteiger partial charge in [0.2, 0.25) is 0 Å². The van der Waals surface area contributed by atoms with Crippen LogP contribution in [0.2, 0.25) is 0 Å². The van der Waals surface area contributed by atoms with E-state index in [0.29, 0.717) is 35.9 Å². The zero-order valence-electron chi connectivity index (χ0n) is 14.6. The lowest BCUT2D eigenvalue weighted by Crippen LogP contribution is -2.33. The summed E-state index contributed by atoms with van der Waals surface area (Å²) in [5.41, 5.74) is 1.14. The summed E-state index contributed by atoms with van der Waals surface area (Å²) in [6.07, 6.45) is 3.23. The molecule has 1 atom stereocenters. The van der Waals surface area contributed by atoms with Crippen molar-refractivity contribution in [3.63, 3.8) is 0 Å². The van der Waals surface area contributed by atoms with Gasteiger partial charge in [0.1, 0.15) is 18.1 Å². The van der Waals surface area contributed by atoms with E-state index in [1.165, 1.54) is 0 Å². The maximum atomic E-state index is 12.3. The van der Waals surface area contributed by atoms with Crippen molar-refractivity contribution in [2.75, 3.05) is 11.9 Å². The fraction of sp³-hybridized carbons (Fsp3) is 0.263. The van der Waals surface area contributed by atoms with Gasteiger partial charge >= 0.3 is 0 Å². The van der Waals surface area contributed by atoms with Crippen molar-refractivity contribution in [3.8, 4) is 11.5 Å². The van der Waals surface area contributed by atoms with Crippen LogP contribution in [-0.4, -0.2) is 28.4 Å². The second-order valence-electron chi connectivity index (χ2n) is 6.23. The molecule has 0 radical (unpaired) electrons. The van der Waals surface area contributed by atoms with Crippen LogP contribution in [0.25, 0.3) is 0 Å². The Morgan fingerprint density at radius 1 is 1.31 bits per heavy atom. The van der Waals surface area contributed by atoms with Gasteiger partial charge in [-0.3, -0.25) is 9.48 Å². The molecule has 1 aliphatic rings. The summed E-state index contributed by atoms with van der Waals surface area (Å²) in [5.74, 6) is 2.57. The van der Waals surface area contributed by atoms with Gasteiger partial charge < -0.3 is 19.2 Å². The molecule has 3 heterocycles. The third-order valence-corrected chi connectivity index (χ3v) is 4.13. The summed E-state index contributed by atoms with van der Waals surface area (Å²) in [6.45, 7) is 4.55. The fourth-order valence-electron chi connectivity index (χ4n) is 2.94. The molecule has 2 aromatic heterocycles. The first-order valence-electron chi connectivity index (χ1n) is 8.38. The predicted molar refractivity (Wildman–Crippen MR) is 94.7 cm³/mol. The molecule has 0 unspecified atom stereocenters. The number of ether oxygens (including phenoxy) is 2. The van der Waals surface area contributed by atoms with Crippen molar-refractivity contribution < 1.29 is 18.7 Å². The standard InChI is InChI=1S/C19H19N3O4/c1-12-7-16(13(2)25-12)19(23)21-14-8-20-22(9-14)10-15-11-24-17-5-3-4-6-18(17)26-15/h3-9,15H,10-11H2,1-2H3,(H,21,23)/t15-/m0/s1. The van der Waals surface area contributed by atoms with E-state index in [4.69, 9.17) is 13.9 Å². The lowest BCUT2D eigenvalue weighted by Gasteiger charge is -2.26. The normalized spacial score (nSPS) is 15.7. The van der Waals surface area contributed by atoms with Crippen LogP contribution in [0.3, 0.4) is 0 Å². The molecule has 4 rings (SSSR count). The van der Waals surface area contributed by atoms with Crippen LogP contribution in [0.4, 0.5) is 5.69 Å². The van der Waals surface area contributed by atoms with E-state index in [1.54, 1.807) is 30.1 Å². The SMILES string of the molecule is Cc1cc(C(=O)Nc2cnn(C[C@H]3COc4ccccc4O3)c2)c(C)o1. The molecular weight excluding hydrogens is 334 g/mol. The second-order valence-corrected chi connectivity index (χ2v) is 6.23. The van der Waals surface area contributed by atoms with Gasteiger partial charge in [0, 0.05) is 6.20 Å². The Morgan fingerprint density at radius 2 is 2.12 bits per heavy atom. The quantitative estimate of drug-likeness (QED) is 0.779. The van der Waals surface area contributed by atoms with E-state index in [2.05, 4.69) is 10.4 Å². The Balaban J connectivity index is 1.39. The number of benzene rings is 1. The predicted octanol–water partition coefficient (Wildman–Crippen LogP) is 3.19. The Labute approximate surface area is 150 Å². The summed E-state index contributed by atoms with van der Waals surface area (Å²) in [5, 5.41) is 7.11. The monoisotopic (exact) mass is 353 g/mol. The van der Waals surface area contributed by atoms with Crippen molar-refractivity contribution in [2.45, 2.75) is 26.5 Å². The first-order valence-corrected chi connectivity index (χ1v) is 8.38. The lowest BCUT2D eigenvalue weighted by atomic mass is 10.2. The summed E-state index contributed by atoms with van der Waals surface area (Å²) < 4.78 is 18.8. The van der Waals surface area contributed by atoms with E-state index < -0.39 is 0 Å². The first-order chi connectivity index (χ1) is 12.6. The van der Waals surface area contributed by atoms with Crippen LogP contribution in [0.1, 0.15) is 21.9 Å². The Morgan fingerprint density at radius 3 is 2.88 bits per heavy atom. The number of amides is 1. The van der Waals surface area contributed by atoms with Crippen molar-refractivity contribution in [3.05, 3.63) is 59.8 Å². The number of para-hydroxylation sites is 2. The van der Waals surface area contributed by atoms with E-state index >= 15 is 0 Å². The maximum Gasteiger partial charge on any atom is 0.259 e.